The van der Waals surface area contributed by atoms with Crippen molar-refractivity contribution in [1.29, 1.82) is 5.26 Å². The van der Waals surface area contributed by atoms with Gasteiger partial charge in [-0.05, 0) is 51.5 Å². The number of ketones is 1. The van der Waals surface area contributed by atoms with Gasteiger partial charge < -0.3 is 9.84 Å². The highest BCUT2D eigenvalue weighted by Gasteiger charge is 2.49. The maximum Gasteiger partial charge on any atom is 0.325 e. The lowest BCUT2D eigenvalue weighted by Gasteiger charge is -2.22. The molecule has 3 amide bonds. The van der Waals surface area contributed by atoms with Crippen LogP contribution in [-0.4, -0.2) is 38.9 Å². The van der Waals surface area contributed by atoms with Crippen molar-refractivity contribution < 1.29 is 18.9 Å². The van der Waals surface area contributed by atoms with Gasteiger partial charge in [0.2, 0.25) is 0 Å². The maximum atomic E-state index is 13.1. The molecule has 0 spiro atoms. The van der Waals surface area contributed by atoms with E-state index in [2.05, 4.69) is 10.5 Å². The number of Topliss-reactive ketones (excluding diaryl/α,β-unsaturated/α-hetero) is 1. The molecule has 0 saturated carbocycles. The van der Waals surface area contributed by atoms with Crippen molar-refractivity contribution in [3.8, 4) is 11.9 Å². The molecular weight excluding hydrogens is 410 g/mol. The van der Waals surface area contributed by atoms with Gasteiger partial charge in [-0.1, -0.05) is 17.3 Å². The average molecular weight is 431 g/mol. The Kier molecular flexibility index (Phi) is 4.93. The second kappa shape index (κ2) is 7.50. The Bertz CT molecular complexity index is 1290. The van der Waals surface area contributed by atoms with Gasteiger partial charge in [0, 0.05) is 23.0 Å². The minimum atomic E-state index is -1.32. The first-order chi connectivity index (χ1) is 15.2. The molecule has 1 aliphatic rings. The number of aryl methyl sites for hydroxylation is 2. The molecule has 32 heavy (non-hydrogen) atoms. The highest BCUT2D eigenvalue weighted by molar-refractivity contribution is 6.11. The van der Waals surface area contributed by atoms with Gasteiger partial charge in [-0.3, -0.25) is 19.1 Å². The van der Waals surface area contributed by atoms with E-state index in [9.17, 15) is 14.4 Å². The first-order valence-electron chi connectivity index (χ1n) is 9.96. The van der Waals surface area contributed by atoms with Crippen LogP contribution in [0.3, 0.4) is 0 Å². The smallest absolute Gasteiger partial charge is 0.325 e. The second-order valence-corrected chi connectivity index (χ2v) is 7.97. The van der Waals surface area contributed by atoms with E-state index >= 15 is 0 Å². The summed E-state index contributed by atoms with van der Waals surface area (Å²) in [7, 11) is 0. The highest BCUT2D eigenvalue weighted by Crippen LogP contribution is 2.30. The summed E-state index contributed by atoms with van der Waals surface area (Å²) in [6, 6.07) is 11.2. The molecule has 1 unspecified atom stereocenters. The zero-order valence-corrected chi connectivity index (χ0v) is 18.1. The van der Waals surface area contributed by atoms with Crippen LogP contribution in [0.5, 0.6) is 0 Å². The molecule has 2 aromatic heterocycles. The molecule has 1 aromatic carbocycles. The Morgan fingerprint density at radius 3 is 2.47 bits per heavy atom. The molecule has 3 aromatic rings. The number of hydrogen-bond donors (Lipinski definition) is 1. The molecule has 1 atom stereocenters. The van der Waals surface area contributed by atoms with Crippen LogP contribution in [0.25, 0.3) is 5.82 Å². The van der Waals surface area contributed by atoms with E-state index in [-0.39, 0.29) is 5.78 Å². The lowest BCUT2D eigenvalue weighted by Crippen LogP contribution is -2.41. The first-order valence-corrected chi connectivity index (χ1v) is 9.96. The monoisotopic (exact) mass is 431 g/mol. The molecule has 0 radical (unpaired) electrons. The van der Waals surface area contributed by atoms with Gasteiger partial charge >= 0.3 is 6.03 Å². The molecule has 162 valence electrons. The van der Waals surface area contributed by atoms with Gasteiger partial charge in [0.15, 0.2) is 11.6 Å². The van der Waals surface area contributed by atoms with E-state index in [0.29, 0.717) is 34.0 Å². The van der Waals surface area contributed by atoms with Gasteiger partial charge in [0.1, 0.15) is 11.3 Å². The number of benzene rings is 1. The van der Waals surface area contributed by atoms with Crippen molar-refractivity contribution in [2.45, 2.75) is 33.2 Å². The largest absolute Gasteiger partial charge is 0.360 e. The fraction of sp³-hybridized carbons (Fsp3) is 0.261. The van der Waals surface area contributed by atoms with Crippen LogP contribution in [0, 0.1) is 32.1 Å². The molecule has 1 aliphatic heterocycles. The molecule has 1 fully saturated rings. The Morgan fingerprint density at radius 2 is 1.88 bits per heavy atom. The average Bonchev–Trinajstić information content (AvgIpc) is 3.38. The number of hydrogen-bond acceptors (Lipinski definition) is 6. The first kappa shape index (κ1) is 21.1. The molecule has 1 N–H and O–H groups in total. The minimum Gasteiger partial charge on any atom is -0.360 e. The molecule has 0 aliphatic carbocycles. The normalized spacial score (nSPS) is 18.0. The number of carbonyl (C=O) groups excluding carboxylic acids is 3. The number of nitrogens with one attached hydrogen (secondary N) is 1. The maximum absolute atomic E-state index is 13.1. The summed E-state index contributed by atoms with van der Waals surface area (Å²) in [5.41, 5.74) is 1.47. The number of nitrogens with zero attached hydrogens (tertiary/aromatic N) is 4. The van der Waals surface area contributed by atoms with Crippen LogP contribution in [0.15, 0.2) is 40.9 Å². The summed E-state index contributed by atoms with van der Waals surface area (Å²) in [5, 5.41) is 15.7. The molecule has 0 bridgehead atoms. The van der Waals surface area contributed by atoms with E-state index in [1.54, 1.807) is 61.7 Å². The number of amides is 3. The van der Waals surface area contributed by atoms with E-state index in [4.69, 9.17) is 9.78 Å². The van der Waals surface area contributed by atoms with Crippen molar-refractivity contribution in [2.75, 3.05) is 6.54 Å². The number of nitriles is 1. The number of rotatable bonds is 5. The highest BCUT2D eigenvalue weighted by atomic mass is 16.5. The predicted molar refractivity (Wildman–Crippen MR) is 113 cm³/mol. The third kappa shape index (κ3) is 3.26. The van der Waals surface area contributed by atoms with Crippen LogP contribution in [0.4, 0.5) is 4.79 Å². The topological polar surface area (TPSA) is 121 Å². The van der Waals surface area contributed by atoms with Crippen molar-refractivity contribution >= 4 is 17.7 Å². The molecule has 3 heterocycles. The second-order valence-electron chi connectivity index (χ2n) is 7.97. The molecular formula is C23H21N5O4. The van der Waals surface area contributed by atoms with Gasteiger partial charge in [-0.15, -0.1) is 0 Å². The summed E-state index contributed by atoms with van der Waals surface area (Å²) in [5.74, 6) is 0.306. The third-order valence-corrected chi connectivity index (χ3v) is 5.74. The number of carbonyl (C=O) groups is 3. The van der Waals surface area contributed by atoms with Crippen LogP contribution in [0.2, 0.25) is 0 Å². The van der Waals surface area contributed by atoms with Crippen molar-refractivity contribution in [3.63, 3.8) is 0 Å². The Morgan fingerprint density at radius 1 is 1.19 bits per heavy atom. The van der Waals surface area contributed by atoms with Crippen LogP contribution >= 0.6 is 0 Å². The zero-order valence-electron chi connectivity index (χ0n) is 18.1. The Labute approximate surface area is 184 Å². The van der Waals surface area contributed by atoms with E-state index in [1.807, 2.05) is 13.0 Å². The molecule has 4 rings (SSSR count). The van der Waals surface area contributed by atoms with Crippen LogP contribution in [-0.2, 0) is 10.3 Å². The SMILES string of the molecule is Cc1cc(-n2c(C)cc(C(=O)CN3C(=O)NC(C)(c4ccc(C#N)cc4)C3=O)c2C)no1. The van der Waals surface area contributed by atoms with Gasteiger partial charge in [0.25, 0.3) is 5.91 Å². The molecule has 1 saturated heterocycles. The summed E-state index contributed by atoms with van der Waals surface area (Å²) in [6.45, 7) is 6.58. The fourth-order valence-electron chi connectivity index (χ4n) is 4.00. The quantitative estimate of drug-likeness (QED) is 0.490. The lowest BCUT2D eigenvalue weighted by molar-refractivity contribution is -0.130. The minimum absolute atomic E-state index is 0.364. The van der Waals surface area contributed by atoms with Crippen molar-refractivity contribution in [3.05, 3.63) is 70.2 Å². The third-order valence-electron chi connectivity index (χ3n) is 5.74. The predicted octanol–water partition coefficient (Wildman–Crippen LogP) is 2.91. The van der Waals surface area contributed by atoms with E-state index in [1.165, 1.54) is 0 Å². The number of urea groups is 1. The number of aromatic nitrogens is 2. The fourth-order valence-corrected chi connectivity index (χ4v) is 4.00. The molecule has 9 nitrogen and oxygen atoms in total. The van der Waals surface area contributed by atoms with Crippen molar-refractivity contribution in [1.82, 2.24) is 19.9 Å². The van der Waals surface area contributed by atoms with Crippen molar-refractivity contribution in [2.24, 2.45) is 0 Å². The standard InChI is InChI=1S/C23H21N5O4/c1-13-9-18(15(3)28(13)20-10-14(2)32-26-20)19(29)12-27-21(30)23(4,25-22(27)31)17-7-5-16(11-24)6-8-17/h5-10H,12H2,1-4H3,(H,25,31). The molecule has 9 heteroatoms. The summed E-state index contributed by atoms with van der Waals surface area (Å²) >= 11 is 0. The summed E-state index contributed by atoms with van der Waals surface area (Å²) < 4.78 is 6.92. The Hall–Kier alpha value is -4.19. The van der Waals surface area contributed by atoms with Crippen LogP contribution < -0.4 is 5.32 Å². The lowest BCUT2D eigenvalue weighted by atomic mass is 9.91. The van der Waals surface area contributed by atoms with E-state index < -0.39 is 24.0 Å². The summed E-state index contributed by atoms with van der Waals surface area (Å²) in [6.07, 6.45) is 0. The summed E-state index contributed by atoms with van der Waals surface area (Å²) in [4.78, 5) is 39.7. The van der Waals surface area contributed by atoms with E-state index in [0.717, 1.165) is 10.6 Å². The van der Waals surface area contributed by atoms with Gasteiger partial charge in [-0.25, -0.2) is 4.79 Å². The number of imide groups is 1. The van der Waals surface area contributed by atoms with Gasteiger partial charge in [0.05, 0.1) is 18.2 Å². The van der Waals surface area contributed by atoms with Crippen LogP contribution in [0.1, 0.15) is 45.6 Å². The Balaban J connectivity index is 1.59. The van der Waals surface area contributed by atoms with Gasteiger partial charge in [-0.2, -0.15) is 5.26 Å². The zero-order chi connectivity index (χ0) is 23.2.